The lowest BCUT2D eigenvalue weighted by Gasteiger charge is -2.41. The molecule has 35 heavy (non-hydrogen) atoms. The van der Waals surface area contributed by atoms with Gasteiger partial charge in [-0.25, -0.2) is 0 Å². The lowest BCUT2D eigenvalue weighted by atomic mass is 9.80. The van der Waals surface area contributed by atoms with Crippen molar-refractivity contribution < 1.29 is 9.53 Å². The Morgan fingerprint density at radius 1 is 0.943 bits per heavy atom. The molecule has 0 N–H and O–H groups in total. The van der Waals surface area contributed by atoms with Crippen LogP contribution in [0.4, 0.5) is 5.69 Å². The van der Waals surface area contributed by atoms with Gasteiger partial charge in [-0.15, -0.1) is 0 Å². The Balaban J connectivity index is 1.34. The van der Waals surface area contributed by atoms with E-state index in [4.69, 9.17) is 27.9 Å². The number of nitrogens with zero attached hydrogens (tertiary/aromatic N) is 3. The van der Waals surface area contributed by atoms with Crippen LogP contribution in [-0.4, -0.2) is 67.7 Å². The first-order chi connectivity index (χ1) is 16.8. The fraction of sp³-hybridized carbons (Fsp3) is 0.536. The van der Waals surface area contributed by atoms with Crippen LogP contribution in [-0.2, 0) is 16.7 Å². The number of anilines is 1. The zero-order valence-electron chi connectivity index (χ0n) is 20.7. The van der Waals surface area contributed by atoms with E-state index >= 15 is 0 Å². The number of piperidine rings is 1. The number of carbonyl (C=O) groups excluding carboxylic acids is 1. The van der Waals surface area contributed by atoms with Gasteiger partial charge in [-0.1, -0.05) is 43.1 Å². The SMILES string of the molecule is CC1(C)CCN(C(=O)c2cc(Cl)cc(Cl)c2)Cc2cc(N3CCC(N4CCOCC4)CC3)ccc21. The van der Waals surface area contributed by atoms with Crippen molar-refractivity contribution >= 4 is 34.8 Å². The molecule has 2 aromatic rings. The Morgan fingerprint density at radius 3 is 2.31 bits per heavy atom. The van der Waals surface area contributed by atoms with Crippen molar-refractivity contribution in [3.05, 3.63) is 63.1 Å². The number of hydrogen-bond acceptors (Lipinski definition) is 4. The largest absolute Gasteiger partial charge is 0.379 e. The van der Waals surface area contributed by atoms with Gasteiger partial charge in [0.15, 0.2) is 0 Å². The van der Waals surface area contributed by atoms with E-state index in [1.54, 1.807) is 18.2 Å². The molecule has 0 bridgehead atoms. The zero-order chi connectivity index (χ0) is 24.6. The maximum Gasteiger partial charge on any atom is 0.254 e. The van der Waals surface area contributed by atoms with Crippen molar-refractivity contribution in [3.63, 3.8) is 0 Å². The summed E-state index contributed by atoms with van der Waals surface area (Å²) in [6, 6.07) is 12.6. The molecule has 3 aliphatic rings. The van der Waals surface area contributed by atoms with Crippen LogP contribution in [0.15, 0.2) is 36.4 Å². The number of benzene rings is 2. The molecular formula is C28H35Cl2N3O2. The summed E-state index contributed by atoms with van der Waals surface area (Å²) >= 11 is 12.4. The highest BCUT2D eigenvalue weighted by molar-refractivity contribution is 6.35. The monoisotopic (exact) mass is 515 g/mol. The van der Waals surface area contributed by atoms with Gasteiger partial charge in [0, 0.05) is 66.6 Å². The molecule has 5 rings (SSSR count). The molecule has 3 aliphatic heterocycles. The van der Waals surface area contributed by atoms with E-state index < -0.39 is 0 Å². The van der Waals surface area contributed by atoms with E-state index in [0.29, 0.717) is 34.7 Å². The normalized spacial score (nSPS) is 21.5. The Bertz CT molecular complexity index is 1060. The van der Waals surface area contributed by atoms with Crippen LogP contribution < -0.4 is 4.90 Å². The summed E-state index contributed by atoms with van der Waals surface area (Å²) in [5, 5.41) is 0.971. The van der Waals surface area contributed by atoms with E-state index in [1.165, 1.54) is 29.7 Å². The number of fused-ring (bicyclic) bond motifs is 1. The average Bonchev–Trinajstić information content (AvgIpc) is 2.99. The Morgan fingerprint density at radius 2 is 1.63 bits per heavy atom. The van der Waals surface area contributed by atoms with E-state index in [2.05, 4.69) is 41.8 Å². The molecule has 3 heterocycles. The summed E-state index contributed by atoms with van der Waals surface area (Å²) in [6.45, 7) is 11.8. The first-order valence-corrected chi connectivity index (χ1v) is 13.5. The molecule has 0 aliphatic carbocycles. The molecule has 0 spiro atoms. The third-order valence-corrected chi connectivity index (χ3v) is 8.41. The number of morpholine rings is 1. The van der Waals surface area contributed by atoms with Crippen LogP contribution in [0.3, 0.4) is 0 Å². The molecule has 0 unspecified atom stereocenters. The molecule has 2 saturated heterocycles. The van der Waals surface area contributed by atoms with Gasteiger partial charge >= 0.3 is 0 Å². The summed E-state index contributed by atoms with van der Waals surface area (Å²) in [5.41, 5.74) is 4.38. The van der Waals surface area contributed by atoms with Gasteiger partial charge in [-0.3, -0.25) is 9.69 Å². The van der Waals surface area contributed by atoms with Crippen LogP contribution in [0, 0.1) is 0 Å². The third kappa shape index (κ3) is 5.48. The second-order valence-electron chi connectivity index (χ2n) is 10.7. The Labute approximate surface area is 218 Å². The van der Waals surface area contributed by atoms with Gasteiger partial charge in [-0.05, 0) is 66.1 Å². The van der Waals surface area contributed by atoms with Crippen LogP contribution in [0.25, 0.3) is 0 Å². The fourth-order valence-electron chi connectivity index (χ4n) is 5.87. The molecule has 5 nitrogen and oxygen atoms in total. The van der Waals surface area contributed by atoms with E-state index in [-0.39, 0.29) is 11.3 Å². The number of hydrogen-bond donors (Lipinski definition) is 0. The van der Waals surface area contributed by atoms with E-state index in [9.17, 15) is 4.79 Å². The van der Waals surface area contributed by atoms with Gasteiger partial charge in [0.2, 0.25) is 0 Å². The summed E-state index contributed by atoms with van der Waals surface area (Å²) in [4.78, 5) is 20.5. The van der Waals surface area contributed by atoms with Crippen LogP contribution in [0.2, 0.25) is 10.0 Å². The topological polar surface area (TPSA) is 36.0 Å². The van der Waals surface area contributed by atoms with Crippen molar-refractivity contribution in [2.75, 3.05) is 50.8 Å². The lowest BCUT2D eigenvalue weighted by Crippen LogP contribution is -2.49. The molecule has 0 saturated carbocycles. The standard InChI is InChI=1S/C28H35Cl2N3O2/c1-28(2)7-10-33(27(34)20-15-22(29)18-23(30)16-20)19-21-17-25(3-4-26(21)28)31-8-5-24(6-9-31)32-11-13-35-14-12-32/h3-4,15-18,24H,5-14,19H2,1-2H3. The number of amides is 1. The highest BCUT2D eigenvalue weighted by Gasteiger charge is 2.32. The number of halogens is 2. The number of carbonyl (C=O) groups is 1. The first-order valence-electron chi connectivity index (χ1n) is 12.8. The van der Waals surface area contributed by atoms with Gasteiger partial charge in [0.1, 0.15) is 0 Å². The maximum absolute atomic E-state index is 13.4. The zero-order valence-corrected chi connectivity index (χ0v) is 22.2. The summed E-state index contributed by atoms with van der Waals surface area (Å²) in [7, 11) is 0. The Kier molecular flexibility index (Phi) is 7.32. The maximum atomic E-state index is 13.4. The van der Waals surface area contributed by atoms with Crippen LogP contribution in [0.5, 0.6) is 0 Å². The van der Waals surface area contributed by atoms with Crippen molar-refractivity contribution in [1.29, 1.82) is 0 Å². The minimum absolute atomic E-state index is 0.00179. The van der Waals surface area contributed by atoms with Gasteiger partial charge in [0.05, 0.1) is 13.2 Å². The van der Waals surface area contributed by atoms with Crippen molar-refractivity contribution in [2.24, 2.45) is 0 Å². The van der Waals surface area contributed by atoms with Crippen molar-refractivity contribution in [2.45, 2.75) is 51.1 Å². The second-order valence-corrected chi connectivity index (χ2v) is 11.6. The molecular weight excluding hydrogens is 481 g/mol. The highest BCUT2D eigenvalue weighted by Crippen LogP contribution is 2.37. The van der Waals surface area contributed by atoms with Gasteiger partial charge < -0.3 is 14.5 Å². The summed E-state index contributed by atoms with van der Waals surface area (Å²) in [6.07, 6.45) is 3.27. The van der Waals surface area contributed by atoms with E-state index in [1.807, 2.05) is 4.90 Å². The molecule has 1 amide bonds. The number of ether oxygens (including phenoxy) is 1. The van der Waals surface area contributed by atoms with Crippen LogP contribution >= 0.6 is 23.2 Å². The minimum Gasteiger partial charge on any atom is -0.379 e. The molecule has 7 heteroatoms. The molecule has 0 aromatic heterocycles. The first kappa shape index (κ1) is 24.9. The summed E-state index contributed by atoms with van der Waals surface area (Å²) in [5.74, 6) is -0.0187. The highest BCUT2D eigenvalue weighted by atomic mass is 35.5. The third-order valence-electron chi connectivity index (χ3n) is 7.97. The quantitative estimate of drug-likeness (QED) is 0.531. The predicted molar refractivity (Wildman–Crippen MR) is 143 cm³/mol. The van der Waals surface area contributed by atoms with Crippen molar-refractivity contribution in [3.8, 4) is 0 Å². The molecule has 0 atom stereocenters. The Hall–Kier alpha value is -1.79. The predicted octanol–water partition coefficient (Wildman–Crippen LogP) is 5.62. The van der Waals surface area contributed by atoms with Crippen molar-refractivity contribution in [1.82, 2.24) is 9.80 Å². The molecule has 2 fully saturated rings. The fourth-order valence-corrected chi connectivity index (χ4v) is 6.39. The summed E-state index contributed by atoms with van der Waals surface area (Å²) < 4.78 is 5.53. The number of rotatable bonds is 3. The van der Waals surface area contributed by atoms with Crippen LogP contribution in [0.1, 0.15) is 54.6 Å². The second kappa shape index (κ2) is 10.3. The smallest absolute Gasteiger partial charge is 0.254 e. The lowest BCUT2D eigenvalue weighted by molar-refractivity contribution is 0.0115. The van der Waals surface area contributed by atoms with E-state index in [0.717, 1.165) is 45.8 Å². The van der Waals surface area contributed by atoms with Gasteiger partial charge in [-0.2, -0.15) is 0 Å². The molecule has 0 radical (unpaired) electrons. The minimum atomic E-state index is -0.0187. The van der Waals surface area contributed by atoms with Gasteiger partial charge in [0.25, 0.3) is 5.91 Å². The molecule has 188 valence electrons. The average molecular weight is 517 g/mol. The molecule has 2 aromatic carbocycles.